The molecule has 1 saturated heterocycles. The second-order valence-corrected chi connectivity index (χ2v) is 10.7. The zero-order valence-corrected chi connectivity index (χ0v) is 16.1. The summed E-state index contributed by atoms with van der Waals surface area (Å²) in [5.74, 6) is 4.09. The van der Waals surface area contributed by atoms with E-state index >= 15 is 0 Å². The van der Waals surface area contributed by atoms with Gasteiger partial charge in [0.05, 0.1) is 0 Å². The molecule has 1 aliphatic heterocycles. The maximum atomic E-state index is 12.1. The van der Waals surface area contributed by atoms with Crippen LogP contribution < -0.4 is 0 Å². The molecule has 0 N–H and O–H groups in total. The number of carbonyl (C=O) groups is 2. The lowest BCUT2D eigenvalue weighted by atomic mass is 9.46. The Hall–Kier alpha value is -1.12. The maximum Gasteiger partial charge on any atom is 0.306 e. The number of allylic oxidation sites excluding steroid dienone is 1. The van der Waals surface area contributed by atoms with Crippen LogP contribution in [-0.2, 0) is 14.3 Å². The molecule has 0 amide bonds. The van der Waals surface area contributed by atoms with E-state index in [0.29, 0.717) is 24.0 Å². The first-order chi connectivity index (χ1) is 12.4. The minimum Gasteiger partial charge on any atom is -0.458 e. The highest BCUT2D eigenvalue weighted by Crippen LogP contribution is 2.75. The van der Waals surface area contributed by atoms with Gasteiger partial charge in [0.15, 0.2) is 5.78 Å². The van der Waals surface area contributed by atoms with Crippen molar-refractivity contribution in [2.24, 2.45) is 40.4 Å². The van der Waals surface area contributed by atoms with E-state index in [9.17, 15) is 9.59 Å². The van der Waals surface area contributed by atoms with Gasteiger partial charge in [0.1, 0.15) is 5.60 Å². The zero-order chi connectivity index (χ0) is 17.9. The fraction of sp³-hybridized carbons (Fsp3) is 0.826. The average molecular weight is 354 g/mol. The molecular formula is C23H30O3. The van der Waals surface area contributed by atoms with Crippen molar-refractivity contribution in [3.63, 3.8) is 0 Å². The summed E-state index contributed by atoms with van der Waals surface area (Å²) in [7, 11) is 0. The minimum absolute atomic E-state index is 0.0323. The van der Waals surface area contributed by atoms with E-state index in [2.05, 4.69) is 13.8 Å². The van der Waals surface area contributed by atoms with Crippen molar-refractivity contribution >= 4 is 11.8 Å². The molecule has 4 saturated carbocycles. The molecule has 0 radical (unpaired) electrons. The van der Waals surface area contributed by atoms with Gasteiger partial charge in [0, 0.05) is 18.3 Å². The monoisotopic (exact) mass is 354 g/mol. The summed E-state index contributed by atoms with van der Waals surface area (Å²) >= 11 is 0. The molecular weight excluding hydrogens is 324 g/mol. The second-order valence-electron chi connectivity index (χ2n) is 10.7. The van der Waals surface area contributed by atoms with Gasteiger partial charge in [0.2, 0.25) is 0 Å². The third-order valence-electron chi connectivity index (χ3n) is 10.1. The van der Waals surface area contributed by atoms with Gasteiger partial charge in [-0.15, -0.1) is 0 Å². The summed E-state index contributed by atoms with van der Waals surface area (Å²) in [6, 6.07) is 0. The first kappa shape index (κ1) is 15.9. The van der Waals surface area contributed by atoms with E-state index in [1.54, 1.807) is 0 Å². The molecule has 0 aromatic heterocycles. The molecule has 1 heterocycles. The first-order valence-corrected chi connectivity index (χ1v) is 10.8. The van der Waals surface area contributed by atoms with Crippen LogP contribution in [0.15, 0.2) is 11.6 Å². The Balaban J connectivity index is 1.40. The number of rotatable bonds is 0. The molecule has 0 aromatic carbocycles. The molecule has 1 spiro atoms. The molecule has 0 bridgehead atoms. The van der Waals surface area contributed by atoms with Gasteiger partial charge in [-0.2, -0.15) is 0 Å². The topological polar surface area (TPSA) is 43.4 Å². The maximum absolute atomic E-state index is 12.1. The lowest BCUT2D eigenvalue weighted by Crippen LogP contribution is -2.55. The lowest BCUT2D eigenvalue weighted by molar-refractivity contribution is -0.168. The Morgan fingerprint density at radius 3 is 2.58 bits per heavy atom. The van der Waals surface area contributed by atoms with Gasteiger partial charge in [0.25, 0.3) is 0 Å². The lowest BCUT2D eigenvalue weighted by Gasteiger charge is -2.59. The predicted molar refractivity (Wildman–Crippen MR) is 97.1 cm³/mol. The number of hydrogen-bond donors (Lipinski definition) is 0. The SMILES string of the molecule is C[C@]12CCC(=O)C=C1[C@@H]1CC1C1C2CC[C@@]2(C)C1CC[C@@]21CCC(=O)O1. The molecule has 4 unspecified atom stereocenters. The van der Waals surface area contributed by atoms with Crippen molar-refractivity contribution in [1.82, 2.24) is 0 Å². The fourth-order valence-corrected chi connectivity index (χ4v) is 8.70. The summed E-state index contributed by atoms with van der Waals surface area (Å²) < 4.78 is 6.06. The van der Waals surface area contributed by atoms with Crippen molar-refractivity contribution in [2.45, 2.75) is 77.2 Å². The standard InChI is InChI=1S/C23H30O3/c1-21-7-3-13(24)11-18(21)14-12-15(14)20-16(21)4-8-22(2)17(20)5-9-23(22)10-6-19(25)26-23/h11,14-17,20H,3-10,12H2,1-2H3/t14-,15?,16?,17?,20?,21-,22+,23-/m1/s1. The van der Waals surface area contributed by atoms with Crippen LogP contribution in [0.1, 0.15) is 71.6 Å². The molecule has 140 valence electrons. The molecule has 6 rings (SSSR count). The van der Waals surface area contributed by atoms with E-state index in [4.69, 9.17) is 4.74 Å². The van der Waals surface area contributed by atoms with E-state index in [1.165, 1.54) is 31.3 Å². The van der Waals surface area contributed by atoms with Gasteiger partial charge < -0.3 is 4.74 Å². The summed E-state index contributed by atoms with van der Waals surface area (Å²) in [5.41, 5.74) is 1.78. The molecule has 5 aliphatic carbocycles. The van der Waals surface area contributed by atoms with Gasteiger partial charge in [-0.25, -0.2) is 0 Å². The van der Waals surface area contributed by atoms with Gasteiger partial charge >= 0.3 is 5.97 Å². The van der Waals surface area contributed by atoms with Crippen LogP contribution in [0.3, 0.4) is 0 Å². The number of hydrogen-bond acceptors (Lipinski definition) is 3. The van der Waals surface area contributed by atoms with Crippen LogP contribution in [0.25, 0.3) is 0 Å². The van der Waals surface area contributed by atoms with E-state index in [0.717, 1.165) is 43.4 Å². The van der Waals surface area contributed by atoms with Gasteiger partial charge in [-0.05, 0) is 86.0 Å². The molecule has 5 fully saturated rings. The summed E-state index contributed by atoms with van der Waals surface area (Å²) in [5, 5.41) is 0. The molecule has 0 aromatic rings. The van der Waals surface area contributed by atoms with E-state index in [1.807, 2.05) is 6.08 Å². The van der Waals surface area contributed by atoms with Crippen LogP contribution in [0.2, 0.25) is 0 Å². The summed E-state index contributed by atoms with van der Waals surface area (Å²) in [4.78, 5) is 24.1. The van der Waals surface area contributed by atoms with E-state index in [-0.39, 0.29) is 22.4 Å². The van der Waals surface area contributed by atoms with E-state index < -0.39 is 0 Å². The number of ether oxygens (including phenoxy) is 1. The normalized spacial score (nSPS) is 57.0. The van der Waals surface area contributed by atoms with Crippen LogP contribution in [-0.4, -0.2) is 17.4 Å². The number of ketones is 1. The average Bonchev–Trinajstić information content (AvgIpc) is 3.23. The summed E-state index contributed by atoms with van der Waals surface area (Å²) in [6.07, 6.45) is 11.5. The highest BCUT2D eigenvalue weighted by Gasteiger charge is 2.71. The Bertz CT molecular complexity index is 753. The van der Waals surface area contributed by atoms with Crippen LogP contribution >= 0.6 is 0 Å². The molecule has 26 heavy (non-hydrogen) atoms. The second kappa shape index (κ2) is 4.64. The Kier molecular flexibility index (Phi) is 2.84. The van der Waals surface area contributed by atoms with Crippen molar-refractivity contribution in [3.8, 4) is 0 Å². The molecule has 3 heteroatoms. The number of esters is 1. The molecule has 3 nitrogen and oxygen atoms in total. The smallest absolute Gasteiger partial charge is 0.306 e. The van der Waals surface area contributed by atoms with Crippen molar-refractivity contribution in [2.75, 3.05) is 0 Å². The van der Waals surface area contributed by atoms with Gasteiger partial charge in [-0.3, -0.25) is 9.59 Å². The number of carbonyl (C=O) groups excluding carboxylic acids is 2. The minimum atomic E-state index is -0.163. The zero-order valence-electron chi connectivity index (χ0n) is 16.1. The highest BCUT2D eigenvalue weighted by molar-refractivity contribution is 5.92. The fourth-order valence-electron chi connectivity index (χ4n) is 8.70. The van der Waals surface area contributed by atoms with Crippen molar-refractivity contribution in [3.05, 3.63) is 11.6 Å². The third-order valence-corrected chi connectivity index (χ3v) is 10.1. The van der Waals surface area contributed by atoms with Crippen LogP contribution in [0.4, 0.5) is 0 Å². The predicted octanol–water partition coefficient (Wildman–Crippen LogP) is 4.45. The summed E-state index contributed by atoms with van der Waals surface area (Å²) in [6.45, 7) is 4.93. The highest BCUT2D eigenvalue weighted by atomic mass is 16.6. The third kappa shape index (κ3) is 1.67. The Morgan fingerprint density at radius 2 is 1.81 bits per heavy atom. The van der Waals surface area contributed by atoms with Crippen LogP contribution in [0.5, 0.6) is 0 Å². The molecule has 8 atom stereocenters. The van der Waals surface area contributed by atoms with Gasteiger partial charge in [-0.1, -0.05) is 19.4 Å². The largest absolute Gasteiger partial charge is 0.458 e. The Morgan fingerprint density at radius 1 is 1.00 bits per heavy atom. The first-order valence-electron chi connectivity index (χ1n) is 10.8. The van der Waals surface area contributed by atoms with Crippen molar-refractivity contribution < 1.29 is 14.3 Å². The molecule has 6 aliphatic rings. The van der Waals surface area contributed by atoms with Crippen molar-refractivity contribution in [1.29, 1.82) is 0 Å². The Labute approximate surface area is 155 Å². The van der Waals surface area contributed by atoms with Crippen LogP contribution in [0, 0.1) is 40.4 Å². The number of fused-ring (bicyclic) bond motifs is 9. The quantitative estimate of drug-likeness (QED) is 0.604.